The van der Waals surface area contributed by atoms with E-state index in [0.29, 0.717) is 41.5 Å². The molecule has 0 aromatic carbocycles. The molecule has 2 saturated heterocycles. The van der Waals surface area contributed by atoms with Gasteiger partial charge in [-0.3, -0.25) is 24.5 Å². The first-order valence-electron chi connectivity index (χ1n) is 8.72. The van der Waals surface area contributed by atoms with E-state index in [-0.39, 0.29) is 12.3 Å². The number of imide groups is 3. The highest BCUT2D eigenvalue weighted by atomic mass is 32.2. The van der Waals surface area contributed by atoms with Crippen LogP contribution in [-0.2, 0) is 25.6 Å². The summed E-state index contributed by atoms with van der Waals surface area (Å²) in [5.41, 5.74) is 6.61. The molecule has 4 amide bonds. The van der Waals surface area contributed by atoms with E-state index in [2.05, 4.69) is 20.6 Å². The third-order valence-electron chi connectivity index (χ3n) is 4.52. The molecular formula is C16H22N6O4S. The third-order valence-corrected chi connectivity index (χ3v) is 5.46. The smallest absolute Gasteiger partial charge is 0.258 e. The van der Waals surface area contributed by atoms with E-state index in [1.54, 1.807) is 0 Å². The van der Waals surface area contributed by atoms with Crippen LogP contribution in [0.25, 0.3) is 0 Å². The maximum Gasteiger partial charge on any atom is 0.258 e. The number of nitrogens with two attached hydrogens (primary N) is 1. The van der Waals surface area contributed by atoms with E-state index in [1.807, 2.05) is 0 Å². The first-order chi connectivity index (χ1) is 13.0. The summed E-state index contributed by atoms with van der Waals surface area (Å²) in [6.45, 7) is 0. The molecule has 0 bridgehead atoms. The Bertz CT molecular complexity index is 719. The Balaban J connectivity index is 1.79. The summed E-state index contributed by atoms with van der Waals surface area (Å²) in [6, 6.07) is -2.62. The predicted molar refractivity (Wildman–Crippen MR) is 97.2 cm³/mol. The number of aromatic amines is 1. The maximum atomic E-state index is 12.9. The molecule has 146 valence electrons. The monoisotopic (exact) mass is 394 g/mol. The number of carbonyl (C=O) groups is 4. The Morgan fingerprint density at radius 3 is 2.74 bits per heavy atom. The van der Waals surface area contributed by atoms with Gasteiger partial charge in [0.25, 0.3) is 17.7 Å². The zero-order valence-electron chi connectivity index (χ0n) is 14.6. The Hall–Kier alpha value is -2.24. The van der Waals surface area contributed by atoms with E-state index < -0.39 is 35.8 Å². The van der Waals surface area contributed by atoms with E-state index >= 15 is 0 Å². The number of thioether (sulfide) groups is 1. The highest BCUT2D eigenvalue weighted by Crippen LogP contribution is 2.17. The molecule has 1 aromatic rings. The second-order valence-electron chi connectivity index (χ2n) is 6.52. The van der Waals surface area contributed by atoms with Crippen LogP contribution in [0.3, 0.4) is 0 Å². The quantitative estimate of drug-likeness (QED) is 0.440. The number of rotatable bonds is 5. The molecule has 0 radical (unpaired) electrons. The molecule has 2 unspecified atom stereocenters. The van der Waals surface area contributed by atoms with Crippen LogP contribution in [-0.4, -0.2) is 68.3 Å². The Morgan fingerprint density at radius 2 is 2.11 bits per heavy atom. The van der Waals surface area contributed by atoms with Crippen molar-refractivity contribution in [3.63, 3.8) is 0 Å². The molecule has 5 N–H and O–H groups in total. The third kappa shape index (κ3) is 4.54. The van der Waals surface area contributed by atoms with Gasteiger partial charge >= 0.3 is 0 Å². The van der Waals surface area contributed by atoms with E-state index in [0.717, 1.165) is 0 Å². The zero-order valence-corrected chi connectivity index (χ0v) is 15.5. The molecule has 0 saturated carbocycles. The predicted octanol–water partition coefficient (Wildman–Crippen LogP) is -1.51. The van der Waals surface area contributed by atoms with Crippen LogP contribution in [0.4, 0.5) is 0 Å². The molecule has 27 heavy (non-hydrogen) atoms. The van der Waals surface area contributed by atoms with Crippen molar-refractivity contribution < 1.29 is 19.2 Å². The van der Waals surface area contributed by atoms with Gasteiger partial charge in [-0.15, -0.1) is 11.8 Å². The number of nitrogens with one attached hydrogen (secondary N) is 3. The molecule has 2 aliphatic heterocycles. The van der Waals surface area contributed by atoms with Gasteiger partial charge in [0.1, 0.15) is 6.04 Å². The van der Waals surface area contributed by atoms with Crippen molar-refractivity contribution in [3.8, 4) is 0 Å². The van der Waals surface area contributed by atoms with Crippen molar-refractivity contribution in [1.29, 1.82) is 0 Å². The standard InChI is InChI=1S/C16H22N6O4S/c17-10(4-9-5-18-7-19-9)14(24)22(16(26)12-6-27-8-20-12)15(25)11-2-1-3-13(23)21-11/h5,7,10-12,20H,1-4,6,8,17H2,(H,18,19)(H,21,23)/t10-,11?,12?/m0/s1. The fourth-order valence-corrected chi connectivity index (χ4v) is 4.00. The molecule has 10 nitrogen and oxygen atoms in total. The zero-order chi connectivity index (χ0) is 19.4. The molecular weight excluding hydrogens is 372 g/mol. The summed E-state index contributed by atoms with van der Waals surface area (Å²) in [6.07, 6.45) is 4.32. The van der Waals surface area contributed by atoms with Crippen molar-refractivity contribution in [2.45, 2.75) is 43.8 Å². The van der Waals surface area contributed by atoms with Crippen LogP contribution in [0.15, 0.2) is 12.5 Å². The summed E-state index contributed by atoms with van der Waals surface area (Å²) in [4.78, 5) is 57.7. The van der Waals surface area contributed by atoms with Gasteiger partial charge in [0.05, 0.1) is 18.4 Å². The second-order valence-corrected chi connectivity index (χ2v) is 7.55. The van der Waals surface area contributed by atoms with Crippen molar-refractivity contribution in [2.75, 3.05) is 11.6 Å². The molecule has 11 heteroatoms. The van der Waals surface area contributed by atoms with Gasteiger partial charge in [-0.1, -0.05) is 0 Å². The Labute approximate surface area is 160 Å². The van der Waals surface area contributed by atoms with Crippen LogP contribution in [0, 0.1) is 0 Å². The highest BCUT2D eigenvalue weighted by molar-refractivity contribution is 7.99. The maximum absolute atomic E-state index is 12.9. The van der Waals surface area contributed by atoms with E-state index in [4.69, 9.17) is 5.73 Å². The number of hydrogen-bond donors (Lipinski definition) is 4. The molecule has 1 aromatic heterocycles. The lowest BCUT2D eigenvalue weighted by Crippen LogP contribution is -2.60. The van der Waals surface area contributed by atoms with Gasteiger partial charge in [0, 0.05) is 36.4 Å². The fraction of sp³-hybridized carbons (Fsp3) is 0.562. The van der Waals surface area contributed by atoms with Crippen LogP contribution in [0.1, 0.15) is 25.0 Å². The normalized spacial score (nSPS) is 23.5. The number of aromatic nitrogens is 2. The number of H-pyrrole nitrogens is 1. The Morgan fingerprint density at radius 1 is 1.33 bits per heavy atom. The largest absolute Gasteiger partial charge is 0.348 e. The van der Waals surface area contributed by atoms with Crippen molar-refractivity contribution in [3.05, 3.63) is 18.2 Å². The fourth-order valence-electron chi connectivity index (χ4n) is 3.07. The van der Waals surface area contributed by atoms with Crippen LogP contribution < -0.4 is 16.4 Å². The molecule has 3 heterocycles. The average Bonchev–Trinajstić information content (AvgIpc) is 3.35. The number of amides is 4. The second kappa shape index (κ2) is 8.63. The van der Waals surface area contributed by atoms with E-state index in [9.17, 15) is 19.2 Å². The average molecular weight is 394 g/mol. The molecule has 0 aliphatic carbocycles. The summed E-state index contributed by atoms with van der Waals surface area (Å²) in [5.74, 6) is -1.38. The molecule has 0 spiro atoms. The number of hydrogen-bond acceptors (Lipinski definition) is 8. The van der Waals surface area contributed by atoms with Crippen molar-refractivity contribution >= 4 is 35.4 Å². The van der Waals surface area contributed by atoms with Gasteiger partial charge in [-0.2, -0.15) is 0 Å². The lowest BCUT2D eigenvalue weighted by Gasteiger charge is -2.30. The van der Waals surface area contributed by atoms with Gasteiger partial charge < -0.3 is 16.0 Å². The molecule has 3 atom stereocenters. The van der Waals surface area contributed by atoms with Crippen LogP contribution in [0.5, 0.6) is 0 Å². The molecule has 3 rings (SSSR count). The van der Waals surface area contributed by atoms with Crippen molar-refractivity contribution in [1.82, 2.24) is 25.5 Å². The highest BCUT2D eigenvalue weighted by Gasteiger charge is 2.41. The first kappa shape index (κ1) is 19.5. The minimum atomic E-state index is -1.09. The van der Waals surface area contributed by atoms with Gasteiger partial charge in [-0.25, -0.2) is 9.88 Å². The first-order valence-corrected chi connectivity index (χ1v) is 9.88. The number of nitrogens with zero attached hydrogens (tertiary/aromatic N) is 2. The summed E-state index contributed by atoms with van der Waals surface area (Å²) in [7, 11) is 0. The van der Waals surface area contributed by atoms with E-state index in [1.165, 1.54) is 24.3 Å². The minimum absolute atomic E-state index is 0.111. The van der Waals surface area contributed by atoms with Crippen LogP contribution in [0.2, 0.25) is 0 Å². The summed E-state index contributed by atoms with van der Waals surface area (Å²) < 4.78 is 0. The minimum Gasteiger partial charge on any atom is -0.348 e. The lowest BCUT2D eigenvalue weighted by molar-refractivity contribution is -0.157. The van der Waals surface area contributed by atoms with Gasteiger partial charge in [-0.05, 0) is 12.8 Å². The molecule has 2 aliphatic rings. The lowest BCUT2D eigenvalue weighted by atomic mass is 10.0. The topological polar surface area (TPSA) is 150 Å². The van der Waals surface area contributed by atoms with Crippen molar-refractivity contribution in [2.24, 2.45) is 5.73 Å². The molecule has 2 fully saturated rings. The SMILES string of the molecule is N[C@@H](Cc1cnc[nH]1)C(=O)N(C(=O)C1CSCN1)C(=O)C1CCCC(=O)N1. The van der Waals surface area contributed by atoms with Crippen LogP contribution >= 0.6 is 11.8 Å². The summed E-state index contributed by atoms with van der Waals surface area (Å²) in [5, 5.41) is 5.53. The number of piperidine rings is 1. The van der Waals surface area contributed by atoms with Gasteiger partial charge in [0.2, 0.25) is 5.91 Å². The number of imidazole rings is 1. The summed E-state index contributed by atoms with van der Waals surface area (Å²) >= 11 is 1.50. The van der Waals surface area contributed by atoms with Gasteiger partial charge in [0.15, 0.2) is 0 Å². The Kier molecular flexibility index (Phi) is 6.24. The number of carbonyl (C=O) groups excluding carboxylic acids is 4.